The second-order valence-electron chi connectivity index (χ2n) is 4.28. The summed E-state index contributed by atoms with van der Waals surface area (Å²) >= 11 is 1.15. The highest BCUT2D eigenvalue weighted by molar-refractivity contribution is 8.01. The van der Waals surface area contributed by atoms with E-state index in [9.17, 15) is 13.2 Å². The summed E-state index contributed by atoms with van der Waals surface area (Å²) in [6.45, 7) is 6.49. The number of sulfone groups is 1. The van der Waals surface area contributed by atoms with Crippen LogP contribution in [0.15, 0.2) is 0 Å². The second kappa shape index (κ2) is 5.21. The largest absolute Gasteiger partial charge is 0.480 e. The van der Waals surface area contributed by atoms with Crippen molar-refractivity contribution < 1.29 is 18.3 Å². The van der Waals surface area contributed by atoms with Crippen LogP contribution in [0.25, 0.3) is 0 Å². The van der Waals surface area contributed by atoms with Gasteiger partial charge in [0.2, 0.25) is 0 Å². The van der Waals surface area contributed by atoms with Crippen LogP contribution in [0.1, 0.15) is 27.7 Å². The molecule has 15 heavy (non-hydrogen) atoms. The van der Waals surface area contributed by atoms with Crippen LogP contribution in [-0.2, 0) is 14.6 Å². The molecule has 0 spiro atoms. The lowest BCUT2D eigenvalue weighted by Gasteiger charge is -2.19. The van der Waals surface area contributed by atoms with Gasteiger partial charge in [0.1, 0.15) is 0 Å². The van der Waals surface area contributed by atoms with Gasteiger partial charge in [-0.05, 0) is 27.7 Å². The minimum Gasteiger partial charge on any atom is -0.480 e. The molecule has 0 heterocycles. The van der Waals surface area contributed by atoms with E-state index < -0.39 is 25.8 Å². The summed E-state index contributed by atoms with van der Waals surface area (Å²) < 4.78 is 22.5. The average molecular weight is 254 g/mol. The number of hydrogen-bond donors (Lipinski definition) is 1. The van der Waals surface area contributed by atoms with E-state index >= 15 is 0 Å². The van der Waals surface area contributed by atoms with Gasteiger partial charge in [0.05, 0.1) is 15.7 Å². The molecule has 1 N–H and O–H groups in total. The van der Waals surface area contributed by atoms with Crippen LogP contribution in [0, 0.1) is 0 Å². The highest BCUT2D eigenvalue weighted by Gasteiger charge is 2.28. The second-order valence-corrected chi connectivity index (χ2v) is 8.59. The van der Waals surface area contributed by atoms with Crippen molar-refractivity contribution in [1.29, 1.82) is 0 Å². The Morgan fingerprint density at radius 1 is 1.40 bits per heavy atom. The third kappa shape index (κ3) is 4.88. The average Bonchev–Trinajstić information content (AvgIpc) is 2.01. The minimum absolute atomic E-state index is 0.0266. The van der Waals surface area contributed by atoms with Gasteiger partial charge in [-0.3, -0.25) is 4.79 Å². The van der Waals surface area contributed by atoms with Crippen molar-refractivity contribution >= 4 is 27.6 Å². The van der Waals surface area contributed by atoms with E-state index in [4.69, 9.17) is 5.11 Å². The van der Waals surface area contributed by atoms with E-state index in [-0.39, 0.29) is 5.75 Å². The van der Waals surface area contributed by atoms with Gasteiger partial charge in [0, 0.05) is 5.75 Å². The first kappa shape index (κ1) is 14.8. The van der Waals surface area contributed by atoms with Gasteiger partial charge in [-0.15, -0.1) is 11.8 Å². The first-order valence-corrected chi connectivity index (χ1v) is 7.35. The van der Waals surface area contributed by atoms with Gasteiger partial charge in [-0.1, -0.05) is 0 Å². The molecule has 0 rings (SSSR count). The molecule has 0 aromatic rings. The first-order valence-electron chi connectivity index (χ1n) is 4.64. The summed E-state index contributed by atoms with van der Waals surface area (Å²) in [7, 11) is -3.13. The lowest BCUT2D eigenvalue weighted by atomic mass is 10.3. The third-order valence-corrected chi connectivity index (χ3v) is 6.01. The maximum atomic E-state index is 11.6. The number of carbonyl (C=O) groups is 1. The highest BCUT2D eigenvalue weighted by atomic mass is 32.2. The van der Waals surface area contributed by atoms with Crippen LogP contribution in [0.5, 0.6) is 0 Å². The smallest absolute Gasteiger partial charge is 0.316 e. The molecule has 4 nitrogen and oxygen atoms in total. The van der Waals surface area contributed by atoms with Crippen molar-refractivity contribution in [3.63, 3.8) is 0 Å². The quantitative estimate of drug-likeness (QED) is 0.803. The van der Waals surface area contributed by atoms with Gasteiger partial charge in [-0.25, -0.2) is 8.42 Å². The standard InChI is InChI=1S/C9H18O4S2/c1-7(8(10)11)14-5-6-15(12,13)9(2,3)4/h7H,5-6H2,1-4H3,(H,10,11). The molecule has 1 atom stereocenters. The topological polar surface area (TPSA) is 71.4 Å². The molecule has 0 amide bonds. The fourth-order valence-electron chi connectivity index (χ4n) is 0.712. The summed E-state index contributed by atoms with van der Waals surface area (Å²) in [5.41, 5.74) is 0. The zero-order chi connectivity index (χ0) is 12.3. The highest BCUT2D eigenvalue weighted by Crippen LogP contribution is 2.19. The number of hydrogen-bond acceptors (Lipinski definition) is 4. The summed E-state index contributed by atoms with van der Waals surface area (Å²) in [6, 6.07) is 0. The summed E-state index contributed by atoms with van der Waals surface area (Å²) in [5, 5.41) is 8.05. The molecule has 0 radical (unpaired) electrons. The number of rotatable bonds is 5. The van der Waals surface area contributed by atoms with Crippen molar-refractivity contribution in [1.82, 2.24) is 0 Å². The van der Waals surface area contributed by atoms with Gasteiger partial charge in [0.25, 0.3) is 0 Å². The van der Waals surface area contributed by atoms with Crippen molar-refractivity contribution in [3.8, 4) is 0 Å². The molecule has 0 saturated carbocycles. The molecule has 0 aliphatic heterocycles. The maximum Gasteiger partial charge on any atom is 0.316 e. The zero-order valence-corrected chi connectivity index (χ0v) is 11.1. The molecule has 0 aromatic heterocycles. The van der Waals surface area contributed by atoms with E-state index in [1.165, 1.54) is 0 Å². The SMILES string of the molecule is CC(SCCS(=O)(=O)C(C)(C)C)C(=O)O. The van der Waals surface area contributed by atoms with Crippen LogP contribution in [0.4, 0.5) is 0 Å². The Kier molecular flexibility index (Phi) is 5.13. The Labute approximate surface area is 95.4 Å². The fourth-order valence-corrected chi connectivity index (χ4v) is 3.08. The number of thioether (sulfide) groups is 1. The van der Waals surface area contributed by atoms with Crippen molar-refractivity contribution in [2.75, 3.05) is 11.5 Å². The number of carboxylic acid groups (broad SMARTS) is 1. The summed E-state index contributed by atoms with van der Waals surface area (Å²) in [5.74, 6) is -0.556. The van der Waals surface area contributed by atoms with E-state index in [1.54, 1.807) is 27.7 Å². The summed E-state index contributed by atoms with van der Waals surface area (Å²) in [6.07, 6.45) is 0. The zero-order valence-electron chi connectivity index (χ0n) is 9.48. The molecule has 0 aliphatic rings. The van der Waals surface area contributed by atoms with Crippen molar-refractivity contribution in [2.45, 2.75) is 37.7 Å². The summed E-state index contributed by atoms with van der Waals surface area (Å²) in [4.78, 5) is 10.5. The number of aliphatic carboxylic acids is 1. The fraction of sp³-hybridized carbons (Fsp3) is 0.889. The first-order chi connectivity index (χ1) is 6.58. The van der Waals surface area contributed by atoms with Gasteiger partial charge in [0.15, 0.2) is 9.84 Å². The monoisotopic (exact) mass is 254 g/mol. The van der Waals surface area contributed by atoms with Crippen LogP contribution in [-0.4, -0.2) is 41.0 Å². The van der Waals surface area contributed by atoms with E-state index in [2.05, 4.69) is 0 Å². The number of carboxylic acids is 1. The van der Waals surface area contributed by atoms with Crippen LogP contribution in [0.3, 0.4) is 0 Å². The minimum atomic E-state index is -3.13. The molecular formula is C9H18O4S2. The van der Waals surface area contributed by atoms with E-state index in [0.29, 0.717) is 5.75 Å². The van der Waals surface area contributed by atoms with Gasteiger partial charge in [-0.2, -0.15) is 0 Å². The Balaban J connectivity index is 4.14. The lowest BCUT2D eigenvalue weighted by Crippen LogP contribution is -2.31. The normalized spacial score (nSPS) is 14.9. The molecular weight excluding hydrogens is 236 g/mol. The van der Waals surface area contributed by atoms with Gasteiger partial charge >= 0.3 is 5.97 Å². The molecule has 0 fully saturated rings. The Hall–Kier alpha value is -0.230. The maximum absolute atomic E-state index is 11.6. The van der Waals surface area contributed by atoms with E-state index in [0.717, 1.165) is 11.8 Å². The molecule has 0 aromatic carbocycles. The predicted molar refractivity (Wildman–Crippen MR) is 63.1 cm³/mol. The molecule has 6 heteroatoms. The molecule has 90 valence electrons. The van der Waals surface area contributed by atoms with Crippen molar-refractivity contribution in [2.24, 2.45) is 0 Å². The van der Waals surface area contributed by atoms with Crippen molar-refractivity contribution in [3.05, 3.63) is 0 Å². The van der Waals surface area contributed by atoms with Crippen LogP contribution < -0.4 is 0 Å². The van der Waals surface area contributed by atoms with Gasteiger partial charge < -0.3 is 5.11 Å². The Bertz CT molecular complexity index is 313. The van der Waals surface area contributed by atoms with Crippen LogP contribution in [0.2, 0.25) is 0 Å². The predicted octanol–water partition coefficient (Wildman–Crippen LogP) is 1.41. The van der Waals surface area contributed by atoms with E-state index in [1.807, 2.05) is 0 Å². The molecule has 0 bridgehead atoms. The molecule has 0 aliphatic carbocycles. The Morgan fingerprint density at radius 2 is 1.87 bits per heavy atom. The molecule has 1 unspecified atom stereocenters. The third-order valence-electron chi connectivity index (χ3n) is 2.00. The lowest BCUT2D eigenvalue weighted by molar-refractivity contribution is -0.136. The Morgan fingerprint density at radius 3 is 2.20 bits per heavy atom. The molecule has 0 saturated heterocycles. The van der Waals surface area contributed by atoms with Crippen LogP contribution >= 0.6 is 11.8 Å².